The minimum absolute atomic E-state index is 0.0556. The Bertz CT molecular complexity index is 816. The van der Waals surface area contributed by atoms with Crippen molar-refractivity contribution < 1.29 is 14.3 Å². The van der Waals surface area contributed by atoms with Gasteiger partial charge in [-0.3, -0.25) is 9.59 Å². The van der Waals surface area contributed by atoms with Gasteiger partial charge in [0, 0.05) is 24.1 Å². The number of carbonyl (C=O) groups is 2. The summed E-state index contributed by atoms with van der Waals surface area (Å²) in [6.07, 6.45) is 1.65. The highest BCUT2D eigenvalue weighted by Gasteiger charge is 2.08. The van der Waals surface area contributed by atoms with Gasteiger partial charge in [-0.1, -0.05) is 29.8 Å². The van der Waals surface area contributed by atoms with Crippen LogP contribution in [0.25, 0.3) is 0 Å². The summed E-state index contributed by atoms with van der Waals surface area (Å²) in [6, 6.07) is 13.1. The summed E-state index contributed by atoms with van der Waals surface area (Å²) in [7, 11) is 1.57. The highest BCUT2D eigenvalue weighted by atomic mass is 16.5. The van der Waals surface area contributed by atoms with Gasteiger partial charge >= 0.3 is 0 Å². The third-order valence-corrected chi connectivity index (χ3v) is 3.77. The molecular weight excluding hydrogens is 330 g/mol. The number of ether oxygens (including phenoxy) is 1. The average molecular weight is 353 g/mol. The number of para-hydroxylation sites is 1. The zero-order valence-electron chi connectivity index (χ0n) is 15.2. The van der Waals surface area contributed by atoms with Gasteiger partial charge in [0.05, 0.1) is 13.3 Å². The van der Waals surface area contributed by atoms with Gasteiger partial charge < -0.3 is 10.1 Å². The largest absolute Gasteiger partial charge is 0.496 e. The van der Waals surface area contributed by atoms with Gasteiger partial charge in [-0.25, -0.2) is 5.43 Å². The van der Waals surface area contributed by atoms with Crippen LogP contribution < -0.4 is 15.5 Å². The van der Waals surface area contributed by atoms with Crippen molar-refractivity contribution in [3.8, 4) is 5.75 Å². The molecule has 0 spiro atoms. The topological polar surface area (TPSA) is 79.8 Å². The van der Waals surface area contributed by atoms with Crippen molar-refractivity contribution in [2.75, 3.05) is 12.4 Å². The summed E-state index contributed by atoms with van der Waals surface area (Å²) in [5, 5.41) is 6.72. The summed E-state index contributed by atoms with van der Waals surface area (Å²) in [5.41, 5.74) is 6.05. The van der Waals surface area contributed by atoms with Crippen LogP contribution in [0.3, 0.4) is 0 Å². The Kier molecular flexibility index (Phi) is 6.91. The molecule has 0 unspecified atom stereocenters. The first-order valence-corrected chi connectivity index (χ1v) is 8.31. The van der Waals surface area contributed by atoms with E-state index in [1.165, 1.54) is 6.21 Å². The minimum Gasteiger partial charge on any atom is -0.496 e. The molecule has 0 bridgehead atoms. The molecule has 2 aromatic rings. The van der Waals surface area contributed by atoms with Crippen LogP contribution in [0, 0.1) is 13.8 Å². The van der Waals surface area contributed by atoms with Crippen LogP contribution in [0.2, 0.25) is 0 Å². The van der Waals surface area contributed by atoms with Crippen molar-refractivity contribution in [1.82, 2.24) is 5.43 Å². The maximum Gasteiger partial charge on any atom is 0.240 e. The molecule has 2 rings (SSSR count). The van der Waals surface area contributed by atoms with Crippen LogP contribution >= 0.6 is 0 Å². The molecule has 0 aliphatic rings. The normalized spacial score (nSPS) is 10.6. The molecule has 0 radical (unpaired) electrons. The molecule has 0 fully saturated rings. The van der Waals surface area contributed by atoms with Crippen LogP contribution in [0.1, 0.15) is 29.5 Å². The smallest absolute Gasteiger partial charge is 0.240 e. The monoisotopic (exact) mass is 353 g/mol. The standard InChI is InChI=1S/C20H23N3O3/c1-14-8-9-17(15(2)12-14)22-19(24)10-11-20(25)23-21-13-16-6-4-5-7-18(16)26-3/h4-9,12-13H,10-11H2,1-3H3,(H,22,24)(H,23,25)/b21-13+. The first-order valence-electron chi connectivity index (χ1n) is 8.31. The number of nitrogens with zero attached hydrogens (tertiary/aromatic N) is 1. The summed E-state index contributed by atoms with van der Waals surface area (Å²) >= 11 is 0. The fourth-order valence-electron chi connectivity index (χ4n) is 2.40. The molecule has 0 heterocycles. The Morgan fingerprint density at radius 2 is 1.81 bits per heavy atom. The van der Waals surface area contributed by atoms with Gasteiger partial charge in [0.15, 0.2) is 0 Å². The first kappa shape index (κ1) is 19.2. The lowest BCUT2D eigenvalue weighted by molar-refractivity contribution is -0.124. The molecule has 136 valence electrons. The second-order valence-electron chi connectivity index (χ2n) is 5.90. The van der Waals surface area contributed by atoms with Crippen LogP contribution in [-0.2, 0) is 9.59 Å². The summed E-state index contributed by atoms with van der Waals surface area (Å²) in [4.78, 5) is 23.8. The molecule has 2 N–H and O–H groups in total. The lowest BCUT2D eigenvalue weighted by Crippen LogP contribution is -2.21. The summed E-state index contributed by atoms with van der Waals surface area (Å²) in [6.45, 7) is 3.93. The van der Waals surface area contributed by atoms with Gasteiger partial charge in [-0.15, -0.1) is 0 Å². The Labute approximate surface area is 153 Å². The second kappa shape index (κ2) is 9.36. The zero-order valence-corrected chi connectivity index (χ0v) is 15.2. The number of methoxy groups -OCH3 is 1. The highest BCUT2D eigenvalue weighted by Crippen LogP contribution is 2.16. The number of benzene rings is 2. The van der Waals surface area contributed by atoms with Gasteiger partial charge in [0.25, 0.3) is 0 Å². The minimum atomic E-state index is -0.327. The van der Waals surface area contributed by atoms with E-state index in [1.54, 1.807) is 13.2 Å². The van der Waals surface area contributed by atoms with Crippen molar-refractivity contribution in [2.24, 2.45) is 5.10 Å². The van der Waals surface area contributed by atoms with Crippen molar-refractivity contribution >= 4 is 23.7 Å². The van der Waals surface area contributed by atoms with Crippen LogP contribution in [0.5, 0.6) is 5.75 Å². The van der Waals surface area contributed by atoms with Crippen molar-refractivity contribution in [3.63, 3.8) is 0 Å². The van der Waals surface area contributed by atoms with Gasteiger partial charge in [0.1, 0.15) is 5.75 Å². The molecular formula is C20H23N3O3. The fourth-order valence-corrected chi connectivity index (χ4v) is 2.40. The van der Waals surface area contributed by atoms with Crippen LogP contribution in [0.4, 0.5) is 5.69 Å². The second-order valence-corrected chi connectivity index (χ2v) is 5.90. The number of nitrogens with one attached hydrogen (secondary N) is 2. The average Bonchev–Trinajstić information content (AvgIpc) is 2.63. The van der Waals surface area contributed by atoms with Crippen LogP contribution in [-0.4, -0.2) is 25.1 Å². The quantitative estimate of drug-likeness (QED) is 0.593. The maximum atomic E-state index is 12.0. The Balaban J connectivity index is 1.79. The van der Waals surface area contributed by atoms with Gasteiger partial charge in [-0.05, 0) is 37.6 Å². The van der Waals surface area contributed by atoms with E-state index in [2.05, 4.69) is 15.8 Å². The SMILES string of the molecule is COc1ccccc1/C=N/NC(=O)CCC(=O)Nc1ccc(C)cc1C. The number of anilines is 1. The predicted octanol–water partition coefficient (Wildman–Crippen LogP) is 3.18. The molecule has 0 saturated heterocycles. The fraction of sp³-hybridized carbons (Fsp3) is 0.250. The lowest BCUT2D eigenvalue weighted by Gasteiger charge is -2.08. The number of rotatable bonds is 7. The van der Waals surface area contributed by atoms with Crippen molar-refractivity contribution in [3.05, 3.63) is 59.2 Å². The maximum absolute atomic E-state index is 12.0. The number of hydrogen-bond acceptors (Lipinski definition) is 4. The predicted molar refractivity (Wildman–Crippen MR) is 103 cm³/mol. The van der Waals surface area contributed by atoms with E-state index in [0.717, 1.165) is 22.4 Å². The number of aryl methyl sites for hydroxylation is 2. The van der Waals surface area contributed by atoms with E-state index < -0.39 is 0 Å². The number of amides is 2. The van der Waals surface area contributed by atoms with E-state index in [1.807, 2.05) is 50.2 Å². The van der Waals surface area contributed by atoms with Gasteiger partial charge in [0.2, 0.25) is 11.8 Å². The summed E-state index contributed by atoms with van der Waals surface area (Å²) in [5.74, 6) is 0.131. The third kappa shape index (κ3) is 5.73. The van der Waals surface area contributed by atoms with E-state index in [9.17, 15) is 9.59 Å². The van der Waals surface area contributed by atoms with Gasteiger partial charge in [-0.2, -0.15) is 5.10 Å². The summed E-state index contributed by atoms with van der Waals surface area (Å²) < 4.78 is 5.20. The van der Waals surface area contributed by atoms with E-state index in [-0.39, 0.29) is 24.7 Å². The van der Waals surface area contributed by atoms with Crippen molar-refractivity contribution in [1.29, 1.82) is 0 Å². The van der Waals surface area contributed by atoms with Crippen LogP contribution in [0.15, 0.2) is 47.6 Å². The molecule has 0 aliphatic heterocycles. The van der Waals surface area contributed by atoms with E-state index in [4.69, 9.17) is 4.74 Å². The Hall–Kier alpha value is -3.15. The molecule has 0 atom stereocenters. The third-order valence-electron chi connectivity index (χ3n) is 3.77. The molecule has 0 aliphatic carbocycles. The number of hydrogen-bond donors (Lipinski definition) is 2. The molecule has 6 nitrogen and oxygen atoms in total. The zero-order chi connectivity index (χ0) is 18.9. The Morgan fingerprint density at radius 1 is 1.08 bits per heavy atom. The van der Waals surface area contributed by atoms with E-state index >= 15 is 0 Å². The highest BCUT2D eigenvalue weighted by molar-refractivity contribution is 5.94. The molecule has 26 heavy (non-hydrogen) atoms. The molecule has 0 saturated carbocycles. The molecule has 0 aromatic heterocycles. The molecule has 2 amide bonds. The van der Waals surface area contributed by atoms with Crippen molar-refractivity contribution in [2.45, 2.75) is 26.7 Å². The lowest BCUT2D eigenvalue weighted by atomic mass is 10.1. The number of carbonyl (C=O) groups excluding carboxylic acids is 2. The number of hydrazone groups is 1. The molecule has 2 aromatic carbocycles. The Morgan fingerprint density at radius 3 is 2.54 bits per heavy atom. The first-order chi connectivity index (χ1) is 12.5. The molecule has 6 heteroatoms. The van der Waals surface area contributed by atoms with E-state index in [0.29, 0.717) is 5.75 Å².